The lowest BCUT2D eigenvalue weighted by molar-refractivity contribution is -0.117. The van der Waals surface area contributed by atoms with Gasteiger partial charge in [0.25, 0.3) is 5.91 Å². The lowest BCUT2D eigenvalue weighted by atomic mass is 10.1. The van der Waals surface area contributed by atoms with Crippen LogP contribution < -0.4 is 14.8 Å². The van der Waals surface area contributed by atoms with Crippen LogP contribution in [0.4, 0.5) is 0 Å². The van der Waals surface area contributed by atoms with Crippen molar-refractivity contribution in [1.29, 1.82) is 5.26 Å². The SMILES string of the molecule is COc1cc(/C=C(/C#N)C(=O)N[C@@H](C)c2ccccc2)cc(Br)c1OCc1ccc(Cl)cc1Cl. The monoisotopic (exact) mass is 558 g/mol. The molecule has 0 spiro atoms. The molecule has 0 saturated heterocycles. The van der Waals surface area contributed by atoms with Crippen molar-refractivity contribution in [3.63, 3.8) is 0 Å². The summed E-state index contributed by atoms with van der Waals surface area (Å²) in [7, 11) is 1.51. The molecule has 0 aromatic heterocycles. The average Bonchev–Trinajstić information content (AvgIpc) is 2.82. The number of hydrogen-bond acceptors (Lipinski definition) is 4. The molecule has 0 aliphatic heterocycles. The number of carbonyl (C=O) groups excluding carboxylic acids is 1. The first kappa shape index (κ1) is 25.6. The van der Waals surface area contributed by atoms with Crippen LogP contribution in [0.15, 0.2) is 70.7 Å². The van der Waals surface area contributed by atoms with Crippen molar-refractivity contribution in [1.82, 2.24) is 5.32 Å². The van der Waals surface area contributed by atoms with E-state index in [-0.39, 0.29) is 18.2 Å². The first-order valence-corrected chi connectivity index (χ1v) is 11.8. The molecule has 1 N–H and O–H groups in total. The molecule has 1 amide bonds. The average molecular weight is 560 g/mol. The van der Waals surface area contributed by atoms with Gasteiger partial charge in [-0.1, -0.05) is 59.6 Å². The molecule has 0 bridgehead atoms. The third kappa shape index (κ3) is 6.54. The molecular weight excluding hydrogens is 539 g/mol. The smallest absolute Gasteiger partial charge is 0.262 e. The normalized spacial score (nSPS) is 11.9. The maximum atomic E-state index is 12.7. The van der Waals surface area contributed by atoms with Gasteiger partial charge in [-0.2, -0.15) is 5.26 Å². The van der Waals surface area contributed by atoms with Crippen LogP contribution in [0, 0.1) is 11.3 Å². The summed E-state index contributed by atoms with van der Waals surface area (Å²) >= 11 is 15.7. The molecule has 0 saturated carbocycles. The second-order valence-corrected chi connectivity index (χ2v) is 9.03. The molecule has 0 unspecified atom stereocenters. The zero-order valence-electron chi connectivity index (χ0n) is 18.4. The van der Waals surface area contributed by atoms with Crippen LogP contribution in [-0.4, -0.2) is 13.0 Å². The second kappa shape index (κ2) is 11.9. The van der Waals surface area contributed by atoms with E-state index >= 15 is 0 Å². The standard InChI is InChI=1S/C26H21BrCl2N2O3/c1-16(18-6-4-3-5-7-18)31-26(32)20(14-30)10-17-11-22(27)25(24(12-17)33-2)34-15-19-8-9-21(28)13-23(19)29/h3-13,16H,15H2,1-2H3,(H,31,32)/b20-10-/t16-/m0/s1. The number of ether oxygens (including phenoxy) is 2. The first-order chi connectivity index (χ1) is 16.3. The molecule has 5 nitrogen and oxygen atoms in total. The van der Waals surface area contributed by atoms with Crippen molar-refractivity contribution in [3.05, 3.63) is 97.4 Å². The van der Waals surface area contributed by atoms with Gasteiger partial charge in [-0.05, 0) is 64.3 Å². The van der Waals surface area contributed by atoms with E-state index in [1.54, 1.807) is 30.3 Å². The topological polar surface area (TPSA) is 71.3 Å². The van der Waals surface area contributed by atoms with E-state index in [0.717, 1.165) is 11.1 Å². The lowest BCUT2D eigenvalue weighted by Crippen LogP contribution is -2.27. The lowest BCUT2D eigenvalue weighted by Gasteiger charge is -2.15. The summed E-state index contributed by atoms with van der Waals surface area (Å²) in [6.07, 6.45) is 1.50. The summed E-state index contributed by atoms with van der Waals surface area (Å²) in [5.41, 5.74) is 2.28. The zero-order chi connectivity index (χ0) is 24.7. The van der Waals surface area contributed by atoms with Crippen LogP contribution in [-0.2, 0) is 11.4 Å². The molecule has 0 heterocycles. The molecule has 174 valence electrons. The summed E-state index contributed by atoms with van der Waals surface area (Å²) in [5, 5.41) is 13.5. The van der Waals surface area contributed by atoms with Gasteiger partial charge in [0.15, 0.2) is 11.5 Å². The van der Waals surface area contributed by atoms with Crippen molar-refractivity contribution in [2.75, 3.05) is 7.11 Å². The number of benzene rings is 3. The van der Waals surface area contributed by atoms with Crippen molar-refractivity contribution < 1.29 is 14.3 Å². The van der Waals surface area contributed by atoms with Gasteiger partial charge < -0.3 is 14.8 Å². The molecule has 8 heteroatoms. The molecule has 0 radical (unpaired) electrons. The van der Waals surface area contributed by atoms with Crippen LogP contribution in [0.3, 0.4) is 0 Å². The van der Waals surface area contributed by atoms with Crippen LogP contribution in [0.25, 0.3) is 6.08 Å². The number of nitrogens with zero attached hydrogens (tertiary/aromatic N) is 1. The molecule has 3 rings (SSSR count). The Morgan fingerprint density at radius 3 is 2.56 bits per heavy atom. The van der Waals surface area contributed by atoms with E-state index in [2.05, 4.69) is 21.2 Å². The third-order valence-electron chi connectivity index (χ3n) is 4.96. The first-order valence-electron chi connectivity index (χ1n) is 10.2. The molecule has 3 aromatic rings. The van der Waals surface area contributed by atoms with Gasteiger partial charge in [0.2, 0.25) is 0 Å². The number of amides is 1. The highest BCUT2D eigenvalue weighted by Gasteiger charge is 2.16. The van der Waals surface area contributed by atoms with Crippen molar-refractivity contribution in [2.45, 2.75) is 19.6 Å². The maximum Gasteiger partial charge on any atom is 0.262 e. The van der Waals surface area contributed by atoms with Crippen molar-refractivity contribution >= 4 is 51.1 Å². The van der Waals surface area contributed by atoms with Crippen molar-refractivity contribution in [2.24, 2.45) is 0 Å². The number of hydrogen-bond donors (Lipinski definition) is 1. The molecule has 1 atom stereocenters. The summed E-state index contributed by atoms with van der Waals surface area (Å²) in [6, 6.07) is 19.9. The number of carbonyl (C=O) groups is 1. The van der Waals surface area contributed by atoms with Gasteiger partial charge in [0.05, 0.1) is 17.6 Å². The van der Waals surface area contributed by atoms with Gasteiger partial charge in [0.1, 0.15) is 18.2 Å². The molecule has 34 heavy (non-hydrogen) atoms. The summed E-state index contributed by atoms with van der Waals surface area (Å²) in [5.74, 6) is 0.430. The second-order valence-electron chi connectivity index (χ2n) is 7.33. The summed E-state index contributed by atoms with van der Waals surface area (Å²) in [4.78, 5) is 12.7. The minimum Gasteiger partial charge on any atom is -0.493 e. The van der Waals surface area contributed by atoms with E-state index in [0.29, 0.717) is 31.6 Å². The molecule has 0 aliphatic carbocycles. The van der Waals surface area contributed by atoms with E-state index in [9.17, 15) is 10.1 Å². The quantitative estimate of drug-likeness (QED) is 0.235. The highest BCUT2D eigenvalue weighted by molar-refractivity contribution is 9.10. The summed E-state index contributed by atoms with van der Waals surface area (Å²) < 4.78 is 12.0. The fraction of sp³-hybridized carbons (Fsp3) is 0.154. The van der Waals surface area contributed by atoms with Crippen LogP contribution in [0.2, 0.25) is 10.0 Å². The van der Waals surface area contributed by atoms with Crippen LogP contribution in [0.1, 0.15) is 29.7 Å². The zero-order valence-corrected chi connectivity index (χ0v) is 21.5. The van der Waals surface area contributed by atoms with E-state index in [1.807, 2.05) is 43.3 Å². The number of halogens is 3. The Balaban J connectivity index is 1.80. The highest BCUT2D eigenvalue weighted by Crippen LogP contribution is 2.38. The largest absolute Gasteiger partial charge is 0.493 e. The Morgan fingerprint density at radius 1 is 1.18 bits per heavy atom. The van der Waals surface area contributed by atoms with E-state index in [4.69, 9.17) is 32.7 Å². The minimum absolute atomic E-state index is 0.0293. The third-order valence-corrected chi connectivity index (χ3v) is 6.14. The van der Waals surface area contributed by atoms with Gasteiger partial charge in [-0.15, -0.1) is 0 Å². The fourth-order valence-corrected chi connectivity index (χ4v) is 4.20. The number of methoxy groups -OCH3 is 1. The number of rotatable bonds is 8. The Hall–Kier alpha value is -2.98. The Labute approximate surface area is 217 Å². The predicted octanol–water partition coefficient (Wildman–Crippen LogP) is 7.13. The van der Waals surface area contributed by atoms with E-state index in [1.165, 1.54) is 13.2 Å². The summed E-state index contributed by atoms with van der Waals surface area (Å²) in [6.45, 7) is 2.06. The van der Waals surface area contributed by atoms with Crippen LogP contribution >= 0.6 is 39.1 Å². The van der Waals surface area contributed by atoms with E-state index < -0.39 is 5.91 Å². The Kier molecular flexibility index (Phi) is 9.00. The minimum atomic E-state index is -0.466. The Bertz CT molecular complexity index is 1260. The highest BCUT2D eigenvalue weighted by atomic mass is 79.9. The predicted molar refractivity (Wildman–Crippen MR) is 138 cm³/mol. The molecule has 0 aliphatic rings. The van der Waals surface area contributed by atoms with Gasteiger partial charge in [-0.3, -0.25) is 4.79 Å². The Morgan fingerprint density at radius 2 is 1.91 bits per heavy atom. The van der Waals surface area contributed by atoms with Crippen molar-refractivity contribution in [3.8, 4) is 17.6 Å². The maximum absolute atomic E-state index is 12.7. The molecule has 0 fully saturated rings. The number of nitriles is 1. The van der Waals surface area contributed by atoms with Crippen LogP contribution in [0.5, 0.6) is 11.5 Å². The number of nitrogens with one attached hydrogen (secondary N) is 1. The van der Waals surface area contributed by atoms with Gasteiger partial charge in [0, 0.05) is 15.6 Å². The molecular formula is C26H21BrCl2N2O3. The van der Waals surface area contributed by atoms with Gasteiger partial charge in [-0.25, -0.2) is 0 Å². The molecule has 3 aromatic carbocycles. The fourth-order valence-electron chi connectivity index (χ4n) is 3.17. The van der Waals surface area contributed by atoms with Gasteiger partial charge >= 0.3 is 0 Å².